The van der Waals surface area contributed by atoms with E-state index >= 15 is 0 Å². The summed E-state index contributed by atoms with van der Waals surface area (Å²) in [6.07, 6.45) is 1.33. The van der Waals surface area contributed by atoms with Gasteiger partial charge in [0, 0.05) is 23.8 Å². The fraction of sp³-hybridized carbons (Fsp3) is 0.160. The number of nitro benzene ring substituents is 3. The Balaban J connectivity index is -0.000000261. The van der Waals surface area contributed by atoms with E-state index in [0.717, 1.165) is 18.3 Å². The third kappa shape index (κ3) is 12.1. The molecule has 0 aliphatic heterocycles. The van der Waals surface area contributed by atoms with Gasteiger partial charge in [0.05, 0.1) is 47.2 Å². The van der Waals surface area contributed by atoms with Crippen LogP contribution in [0.5, 0.6) is 0 Å². The van der Waals surface area contributed by atoms with Gasteiger partial charge in [-0.2, -0.15) is 5.26 Å². The summed E-state index contributed by atoms with van der Waals surface area (Å²) in [5.41, 5.74) is -0.943. The molecule has 3 aromatic carbocycles. The maximum absolute atomic E-state index is 10.5. The largest absolute Gasteiger partial charge is 0.411 e. The molecule has 0 aromatic heterocycles. The van der Waals surface area contributed by atoms with Crippen molar-refractivity contribution in [3.63, 3.8) is 0 Å². The Kier molecular flexibility index (Phi) is 23.4. The average molecular weight is 736 g/mol. The first-order valence-electron chi connectivity index (χ1n) is 9.63. The number of carbonyl (C=O) groups is 1. The Morgan fingerprint density at radius 1 is 0.659 bits per heavy atom. The van der Waals surface area contributed by atoms with Crippen molar-refractivity contribution in [2.75, 3.05) is 0 Å². The van der Waals surface area contributed by atoms with Crippen LogP contribution >= 0.6 is 69.6 Å². The van der Waals surface area contributed by atoms with Gasteiger partial charge in [0.15, 0.2) is 6.29 Å². The lowest BCUT2D eigenvalue weighted by Crippen LogP contribution is -1.93. The number of nitro groups is 3. The van der Waals surface area contributed by atoms with Gasteiger partial charge in [-0.3, -0.25) is 35.1 Å². The predicted octanol–water partition coefficient (Wildman–Crippen LogP) is 10.7. The molecule has 0 radical (unpaired) electrons. The number of hydrogen-bond acceptors (Lipinski definition) is 10. The minimum absolute atomic E-state index is 0. The first-order valence-corrected chi connectivity index (χ1v) is 11.9. The molecule has 0 atom stereocenters. The number of rotatable bonds is 5. The molecule has 13 nitrogen and oxygen atoms in total. The molecule has 0 fully saturated rings. The van der Waals surface area contributed by atoms with E-state index in [1.807, 2.05) is 0 Å². The number of halogens is 6. The molecule has 0 bridgehead atoms. The van der Waals surface area contributed by atoms with Gasteiger partial charge in [-0.05, 0) is 18.2 Å². The highest BCUT2D eigenvalue weighted by Crippen LogP contribution is 2.33. The number of benzene rings is 3. The van der Waals surface area contributed by atoms with Gasteiger partial charge in [0.1, 0.15) is 21.1 Å². The van der Waals surface area contributed by atoms with Gasteiger partial charge in [0.25, 0.3) is 17.1 Å². The fourth-order valence-corrected chi connectivity index (χ4v) is 4.06. The van der Waals surface area contributed by atoms with Gasteiger partial charge in [-0.1, -0.05) is 104 Å². The second-order valence-corrected chi connectivity index (χ2v) is 8.94. The van der Waals surface area contributed by atoms with E-state index in [4.69, 9.17) is 80.1 Å². The molecule has 0 spiro atoms. The molecule has 240 valence electrons. The van der Waals surface area contributed by atoms with Crippen molar-refractivity contribution in [3.8, 4) is 6.07 Å². The fourth-order valence-electron chi connectivity index (χ4n) is 2.47. The van der Waals surface area contributed by atoms with Crippen LogP contribution in [0.25, 0.3) is 0 Å². The number of carbonyl (C=O) groups excluding carboxylic acids is 1. The molecular formula is C25H25Cl6N5O8. The van der Waals surface area contributed by atoms with Crippen LogP contribution in [0.3, 0.4) is 0 Å². The standard InChI is InChI=1S/C7H4Cl2N2O3.C7H2Cl2N2O2.C7H3Cl2NO3.4CH4/c8-5-1-2-6(11(13)14)7(9)4(5)3-10-12;8-5-1-2-6(11(12)13)7(9)4(5)3-10;8-5-1-2-6(10(12)13)7(9)4(5)3-11;;;;/h1-3,12H;1-2H;1-3H;4*1H4. The first-order chi connectivity index (χ1) is 18.7. The lowest BCUT2D eigenvalue weighted by Gasteiger charge is -2.00. The van der Waals surface area contributed by atoms with Crippen molar-refractivity contribution in [1.29, 1.82) is 5.26 Å². The summed E-state index contributed by atoms with van der Waals surface area (Å²) in [4.78, 5) is 39.6. The zero-order valence-corrected chi connectivity index (χ0v) is 23.5. The summed E-state index contributed by atoms with van der Waals surface area (Å²) in [5.74, 6) is 0. The van der Waals surface area contributed by atoms with Gasteiger partial charge in [-0.25, -0.2) is 0 Å². The number of aldehydes is 1. The molecule has 1 N–H and O–H groups in total. The van der Waals surface area contributed by atoms with Crippen LogP contribution < -0.4 is 0 Å². The Morgan fingerprint density at radius 3 is 1.34 bits per heavy atom. The molecule has 0 saturated carbocycles. The van der Waals surface area contributed by atoms with Gasteiger partial charge >= 0.3 is 0 Å². The second-order valence-electron chi connectivity index (χ2n) is 6.59. The molecular weight excluding hydrogens is 711 g/mol. The highest BCUT2D eigenvalue weighted by atomic mass is 35.5. The summed E-state index contributed by atoms with van der Waals surface area (Å²) in [7, 11) is 0. The minimum Gasteiger partial charge on any atom is -0.411 e. The third-order valence-electron chi connectivity index (χ3n) is 4.29. The maximum atomic E-state index is 10.5. The Bertz CT molecular complexity index is 1570. The molecule has 3 rings (SSSR count). The van der Waals surface area contributed by atoms with E-state index in [0.29, 0.717) is 6.29 Å². The summed E-state index contributed by atoms with van der Waals surface area (Å²) >= 11 is 33.6. The molecule has 0 heterocycles. The van der Waals surface area contributed by atoms with Crippen molar-refractivity contribution in [2.24, 2.45) is 5.16 Å². The average Bonchev–Trinajstić information content (AvgIpc) is 2.87. The maximum Gasteiger partial charge on any atom is 0.289 e. The van der Waals surface area contributed by atoms with E-state index in [1.165, 1.54) is 24.3 Å². The Morgan fingerprint density at radius 2 is 1.00 bits per heavy atom. The molecule has 0 aliphatic carbocycles. The monoisotopic (exact) mass is 733 g/mol. The first kappa shape index (κ1) is 47.2. The summed E-state index contributed by atoms with van der Waals surface area (Å²) in [6.45, 7) is 0. The van der Waals surface area contributed by atoms with Crippen molar-refractivity contribution in [3.05, 3.63) is 114 Å². The van der Waals surface area contributed by atoms with Crippen LogP contribution in [0.4, 0.5) is 17.1 Å². The van der Waals surface area contributed by atoms with Crippen LogP contribution in [-0.4, -0.2) is 32.5 Å². The zero-order chi connectivity index (χ0) is 30.7. The summed E-state index contributed by atoms with van der Waals surface area (Å²) in [5, 5.41) is 50.5. The van der Waals surface area contributed by atoms with E-state index in [9.17, 15) is 35.1 Å². The molecule has 0 amide bonds. The van der Waals surface area contributed by atoms with E-state index in [1.54, 1.807) is 6.07 Å². The number of oxime groups is 1. The van der Waals surface area contributed by atoms with Crippen LogP contribution in [0.2, 0.25) is 30.1 Å². The third-order valence-corrected chi connectivity index (χ3v) is 6.44. The van der Waals surface area contributed by atoms with Gasteiger partial charge in [-0.15, -0.1) is 0 Å². The normalized spacial score (nSPS) is 9.02. The molecule has 0 aliphatic rings. The molecule has 44 heavy (non-hydrogen) atoms. The lowest BCUT2D eigenvalue weighted by molar-refractivity contribution is -0.384. The quantitative estimate of drug-likeness (QED) is 0.0868. The molecule has 0 unspecified atom stereocenters. The van der Waals surface area contributed by atoms with Crippen LogP contribution in [-0.2, 0) is 0 Å². The topological polar surface area (TPSA) is 203 Å². The SMILES string of the molecule is C.C.C.C.N#Cc1c(Cl)ccc([N+](=O)[O-])c1Cl.O=Cc1c(Cl)ccc([N+](=O)[O-])c1Cl.O=[N+]([O-])c1ccc(Cl)c(C=NO)c1Cl. The van der Waals surface area contributed by atoms with Crippen LogP contribution in [0.1, 0.15) is 51.2 Å². The number of hydrogen-bond donors (Lipinski definition) is 1. The Labute approximate surface area is 282 Å². The van der Waals surface area contributed by atoms with Gasteiger partial charge < -0.3 is 5.21 Å². The summed E-state index contributed by atoms with van der Waals surface area (Å²) < 4.78 is 0. The second kappa shape index (κ2) is 21.8. The van der Waals surface area contributed by atoms with Crippen molar-refractivity contribution >= 4 is 99.2 Å². The summed E-state index contributed by atoms with van der Waals surface area (Å²) in [6, 6.07) is 9.01. The van der Waals surface area contributed by atoms with Crippen LogP contribution in [0, 0.1) is 41.7 Å². The van der Waals surface area contributed by atoms with Crippen molar-refractivity contribution in [1.82, 2.24) is 0 Å². The highest BCUT2D eigenvalue weighted by Gasteiger charge is 2.19. The van der Waals surface area contributed by atoms with E-state index < -0.39 is 14.8 Å². The Hall–Kier alpha value is -3.77. The smallest absolute Gasteiger partial charge is 0.289 e. The number of nitriles is 1. The lowest BCUT2D eigenvalue weighted by atomic mass is 10.2. The molecule has 0 saturated heterocycles. The van der Waals surface area contributed by atoms with Crippen LogP contribution in [0.15, 0.2) is 41.6 Å². The number of nitrogens with zero attached hydrogens (tertiary/aromatic N) is 5. The predicted molar refractivity (Wildman–Crippen MR) is 176 cm³/mol. The minimum atomic E-state index is -0.675. The highest BCUT2D eigenvalue weighted by molar-refractivity contribution is 6.40. The van der Waals surface area contributed by atoms with Crippen molar-refractivity contribution < 1.29 is 24.8 Å². The van der Waals surface area contributed by atoms with Crippen molar-refractivity contribution in [2.45, 2.75) is 29.7 Å². The zero-order valence-electron chi connectivity index (χ0n) is 18.9. The van der Waals surface area contributed by atoms with E-state index in [-0.39, 0.29) is 93.6 Å². The molecule has 3 aromatic rings. The molecule has 19 heteroatoms. The van der Waals surface area contributed by atoms with Gasteiger partial charge in [0.2, 0.25) is 0 Å². The van der Waals surface area contributed by atoms with E-state index in [2.05, 4.69) is 5.16 Å².